The van der Waals surface area contributed by atoms with Gasteiger partial charge >= 0.3 is 5.97 Å². The normalized spacial score (nSPS) is 22.7. The van der Waals surface area contributed by atoms with Gasteiger partial charge in [0.2, 0.25) is 0 Å². The van der Waals surface area contributed by atoms with E-state index in [1.54, 1.807) is 19.2 Å². The van der Waals surface area contributed by atoms with E-state index in [1.165, 1.54) is 12.1 Å². The van der Waals surface area contributed by atoms with Gasteiger partial charge in [-0.15, -0.1) is 0 Å². The van der Waals surface area contributed by atoms with E-state index in [-0.39, 0.29) is 23.6 Å². The van der Waals surface area contributed by atoms with Crippen LogP contribution in [-0.4, -0.2) is 25.0 Å². The van der Waals surface area contributed by atoms with Crippen molar-refractivity contribution in [3.05, 3.63) is 88.0 Å². The first-order valence-corrected chi connectivity index (χ1v) is 12.3. The summed E-state index contributed by atoms with van der Waals surface area (Å²) >= 11 is 0. The summed E-state index contributed by atoms with van der Waals surface area (Å²) in [6, 6.07) is 13.8. The molecular weight excluding hydrogens is 445 g/mol. The van der Waals surface area contributed by atoms with E-state index in [2.05, 4.69) is 5.32 Å². The zero-order valence-corrected chi connectivity index (χ0v) is 20.1. The summed E-state index contributed by atoms with van der Waals surface area (Å²) in [5.74, 6) is -0.664. The molecule has 6 heteroatoms. The summed E-state index contributed by atoms with van der Waals surface area (Å²) in [5.41, 5.74) is 4.19. The number of carbonyl (C=O) groups is 2. The minimum Gasteiger partial charge on any atom is -0.496 e. The Balaban J connectivity index is 1.54. The number of esters is 1. The van der Waals surface area contributed by atoms with Crippen molar-refractivity contribution in [2.24, 2.45) is 0 Å². The van der Waals surface area contributed by atoms with Gasteiger partial charge in [-0.3, -0.25) is 4.79 Å². The molecule has 2 aliphatic carbocycles. The molecule has 1 N–H and O–H groups in total. The van der Waals surface area contributed by atoms with Gasteiger partial charge in [0.25, 0.3) is 0 Å². The number of nitrogens with one attached hydrogen (secondary N) is 1. The van der Waals surface area contributed by atoms with Crippen LogP contribution in [-0.2, 0) is 14.3 Å². The molecule has 2 atom stereocenters. The van der Waals surface area contributed by atoms with Gasteiger partial charge in [0.1, 0.15) is 17.7 Å². The highest BCUT2D eigenvalue weighted by molar-refractivity contribution is 6.04. The molecule has 1 aliphatic heterocycles. The molecule has 0 radical (unpaired) electrons. The first-order valence-electron chi connectivity index (χ1n) is 12.3. The molecule has 0 aromatic heterocycles. The van der Waals surface area contributed by atoms with Crippen LogP contribution in [0.15, 0.2) is 71.1 Å². The average Bonchev–Trinajstić information content (AvgIpc) is 3.36. The Morgan fingerprint density at radius 2 is 1.74 bits per heavy atom. The van der Waals surface area contributed by atoms with Crippen LogP contribution in [0, 0.1) is 5.82 Å². The number of ether oxygens (including phenoxy) is 2. The van der Waals surface area contributed by atoms with Crippen LogP contribution < -0.4 is 10.1 Å². The highest BCUT2D eigenvalue weighted by Crippen LogP contribution is 2.47. The number of benzene rings is 2. The molecule has 182 valence electrons. The standard InChI is InChI=1S/C29H30FNO4/c1-17-26(29(33)35-21-7-3-4-8-21)27(18-11-13-20(30)14-12-18)28-23(31-17)15-19(16-24(28)32)22-9-5-6-10-25(22)34-2/h5-6,9-14,19,21,27,31H,3-4,7-8,15-16H2,1-2H3/t19-,27-/m1/s1. The average molecular weight is 476 g/mol. The fourth-order valence-corrected chi connectivity index (χ4v) is 5.74. The van der Waals surface area contributed by atoms with Crippen LogP contribution >= 0.6 is 0 Å². The molecular formula is C29H30FNO4. The summed E-state index contributed by atoms with van der Waals surface area (Å²) in [5, 5.41) is 3.38. The van der Waals surface area contributed by atoms with Crippen LogP contribution in [0.25, 0.3) is 0 Å². The molecule has 2 aromatic carbocycles. The number of ketones is 1. The topological polar surface area (TPSA) is 64.6 Å². The highest BCUT2D eigenvalue weighted by atomic mass is 19.1. The predicted molar refractivity (Wildman–Crippen MR) is 130 cm³/mol. The number of dihydropyridines is 1. The molecule has 5 rings (SSSR count). The maximum absolute atomic E-state index is 13.8. The number of methoxy groups -OCH3 is 1. The van der Waals surface area contributed by atoms with E-state index in [0.717, 1.165) is 42.7 Å². The predicted octanol–water partition coefficient (Wildman–Crippen LogP) is 5.68. The third-order valence-electron chi connectivity index (χ3n) is 7.41. The Kier molecular flexibility index (Phi) is 6.46. The first-order chi connectivity index (χ1) is 17.0. The maximum atomic E-state index is 13.8. The highest BCUT2D eigenvalue weighted by Gasteiger charge is 2.42. The SMILES string of the molecule is COc1ccccc1[C@H]1CC(=O)C2=C(C1)NC(C)=C(C(=O)OC1CCCC1)[C@H]2c1ccc(F)cc1. The number of halogens is 1. The molecule has 1 heterocycles. The molecule has 0 bridgehead atoms. The van der Waals surface area contributed by atoms with Crippen molar-refractivity contribution in [2.45, 2.75) is 63.4 Å². The molecule has 1 saturated carbocycles. The molecule has 1 fully saturated rings. The molecule has 0 amide bonds. The number of Topliss-reactive ketones (excluding diaryl/α,β-unsaturated/α-hetero) is 1. The lowest BCUT2D eigenvalue weighted by Gasteiger charge is -2.37. The number of carbonyl (C=O) groups excluding carboxylic acids is 2. The van der Waals surface area contributed by atoms with Crippen molar-refractivity contribution in [2.75, 3.05) is 7.11 Å². The summed E-state index contributed by atoms with van der Waals surface area (Å²) in [6.45, 7) is 1.85. The Labute approximate surface area is 205 Å². The van der Waals surface area contributed by atoms with E-state index < -0.39 is 11.9 Å². The van der Waals surface area contributed by atoms with Crippen molar-refractivity contribution in [1.82, 2.24) is 5.32 Å². The fraction of sp³-hybridized carbons (Fsp3) is 0.379. The molecule has 3 aliphatic rings. The Bertz CT molecular complexity index is 1210. The first kappa shape index (κ1) is 23.3. The second kappa shape index (κ2) is 9.68. The Hall–Kier alpha value is -3.41. The summed E-state index contributed by atoms with van der Waals surface area (Å²) in [4.78, 5) is 27.1. The maximum Gasteiger partial charge on any atom is 0.337 e. The zero-order chi connectivity index (χ0) is 24.5. The van der Waals surface area contributed by atoms with Crippen molar-refractivity contribution >= 4 is 11.8 Å². The van der Waals surface area contributed by atoms with Gasteiger partial charge in [-0.1, -0.05) is 30.3 Å². The molecule has 0 saturated heterocycles. The van der Waals surface area contributed by atoms with E-state index in [0.29, 0.717) is 35.2 Å². The van der Waals surface area contributed by atoms with Crippen molar-refractivity contribution in [1.29, 1.82) is 0 Å². The van der Waals surface area contributed by atoms with E-state index in [4.69, 9.17) is 9.47 Å². The van der Waals surface area contributed by atoms with Gasteiger partial charge in [-0.05, 0) is 68.4 Å². The minimum atomic E-state index is -0.591. The van der Waals surface area contributed by atoms with E-state index in [1.807, 2.05) is 31.2 Å². The summed E-state index contributed by atoms with van der Waals surface area (Å²) in [6.07, 6.45) is 4.65. The number of para-hydroxylation sites is 1. The smallest absolute Gasteiger partial charge is 0.337 e. The molecule has 2 aromatic rings. The van der Waals surface area contributed by atoms with Gasteiger partial charge in [0.15, 0.2) is 5.78 Å². The molecule has 0 spiro atoms. The van der Waals surface area contributed by atoms with Gasteiger partial charge < -0.3 is 14.8 Å². The Morgan fingerprint density at radius 3 is 2.46 bits per heavy atom. The monoisotopic (exact) mass is 475 g/mol. The fourth-order valence-electron chi connectivity index (χ4n) is 5.74. The van der Waals surface area contributed by atoms with Gasteiger partial charge in [0, 0.05) is 35.2 Å². The van der Waals surface area contributed by atoms with Crippen molar-refractivity contribution in [3.63, 3.8) is 0 Å². The van der Waals surface area contributed by atoms with E-state index in [9.17, 15) is 14.0 Å². The minimum absolute atomic E-state index is 0.0253. The molecule has 5 nitrogen and oxygen atoms in total. The summed E-state index contributed by atoms with van der Waals surface area (Å²) in [7, 11) is 1.63. The lowest BCUT2D eigenvalue weighted by molar-refractivity contribution is -0.144. The van der Waals surface area contributed by atoms with Crippen molar-refractivity contribution < 1.29 is 23.5 Å². The third-order valence-corrected chi connectivity index (χ3v) is 7.41. The number of hydrogen-bond acceptors (Lipinski definition) is 5. The third kappa shape index (κ3) is 4.49. The lowest BCUT2D eigenvalue weighted by Crippen LogP contribution is -2.36. The largest absolute Gasteiger partial charge is 0.496 e. The van der Waals surface area contributed by atoms with Gasteiger partial charge in [0.05, 0.1) is 12.7 Å². The zero-order valence-electron chi connectivity index (χ0n) is 20.1. The lowest BCUT2D eigenvalue weighted by atomic mass is 9.71. The van der Waals surface area contributed by atoms with E-state index >= 15 is 0 Å². The van der Waals surface area contributed by atoms with Crippen LogP contribution in [0.3, 0.4) is 0 Å². The second-order valence-electron chi connectivity index (χ2n) is 9.62. The molecule has 0 unspecified atom stereocenters. The Morgan fingerprint density at radius 1 is 1.03 bits per heavy atom. The van der Waals surface area contributed by atoms with Crippen LogP contribution in [0.4, 0.5) is 4.39 Å². The van der Waals surface area contributed by atoms with Crippen LogP contribution in [0.2, 0.25) is 0 Å². The summed E-state index contributed by atoms with van der Waals surface area (Å²) < 4.78 is 25.2. The number of hydrogen-bond donors (Lipinski definition) is 1. The van der Waals surface area contributed by atoms with Gasteiger partial charge in [-0.25, -0.2) is 9.18 Å². The molecule has 35 heavy (non-hydrogen) atoms. The second-order valence-corrected chi connectivity index (χ2v) is 9.62. The van der Waals surface area contributed by atoms with Crippen molar-refractivity contribution in [3.8, 4) is 5.75 Å². The van der Waals surface area contributed by atoms with Gasteiger partial charge in [-0.2, -0.15) is 0 Å². The van der Waals surface area contributed by atoms with Crippen LogP contribution in [0.5, 0.6) is 5.75 Å². The number of rotatable bonds is 5. The number of allylic oxidation sites excluding steroid dienone is 3. The van der Waals surface area contributed by atoms with Crippen LogP contribution in [0.1, 0.15) is 68.4 Å². The quantitative estimate of drug-likeness (QED) is 0.564.